The third kappa shape index (κ3) is 4.32. The summed E-state index contributed by atoms with van der Waals surface area (Å²) in [5, 5.41) is 72.0. The Labute approximate surface area is 217 Å². The average molecular weight is 536 g/mol. The van der Waals surface area contributed by atoms with E-state index < -0.39 is 74.6 Å². The Kier molecular flexibility index (Phi) is 7.12. The minimum atomic E-state index is -1.70. The molecular formula is C25H33N3O10. The molecule has 12 atom stereocenters. The minimum Gasteiger partial charge on any atom is -0.394 e. The standard InChI is InChI=1S/C25H33N3O10/c29-8-16-18(31)19(32)22(35)25(37-16)38-23-17(9-30)36-24(21(34)20(23)33)28-6-10-3-11(7-28)13-5-15-14(4-12(10)13)26-1-2-27-15/h1-2,4-5,10-11,16-25,29-35H,3,6-9H2/t10?,11?,16-,17-,18-,19+,20-,21-,22-,23-,24?,25-/m1/s1. The summed E-state index contributed by atoms with van der Waals surface area (Å²) in [7, 11) is 0. The van der Waals surface area contributed by atoms with E-state index >= 15 is 0 Å². The van der Waals surface area contributed by atoms with Crippen molar-refractivity contribution in [3.05, 3.63) is 35.7 Å². The van der Waals surface area contributed by atoms with Crippen molar-refractivity contribution >= 4 is 11.0 Å². The Bertz CT molecular complexity index is 1100. The normalized spacial score (nSPS) is 43.3. The fourth-order valence-electron chi connectivity index (χ4n) is 6.41. The van der Waals surface area contributed by atoms with E-state index in [9.17, 15) is 35.7 Å². The Hall–Kier alpha value is -1.88. The zero-order chi connectivity index (χ0) is 26.7. The summed E-state index contributed by atoms with van der Waals surface area (Å²) >= 11 is 0. The van der Waals surface area contributed by atoms with Crippen LogP contribution in [0.1, 0.15) is 29.4 Å². The highest BCUT2D eigenvalue weighted by molar-refractivity contribution is 5.77. The fourth-order valence-corrected chi connectivity index (χ4v) is 6.41. The molecule has 0 amide bonds. The second-order valence-corrected chi connectivity index (χ2v) is 10.6. The number of aliphatic hydroxyl groups excluding tert-OH is 7. The SMILES string of the molecule is OC[C@H]1O[C@H](O[C@H]2[C@H](O)[C@@H](O)C(N3CC4CC(C3)c3cc5nccnc5cc34)O[C@@H]2CO)[C@H](O)[C@@H](O)[C@@H]1O. The zero-order valence-corrected chi connectivity index (χ0v) is 20.5. The monoisotopic (exact) mass is 535 g/mol. The van der Waals surface area contributed by atoms with Gasteiger partial charge in [-0.25, -0.2) is 0 Å². The molecule has 1 aromatic heterocycles. The predicted molar refractivity (Wildman–Crippen MR) is 128 cm³/mol. The van der Waals surface area contributed by atoms with E-state index in [-0.39, 0.29) is 11.8 Å². The summed E-state index contributed by atoms with van der Waals surface area (Å²) < 4.78 is 17.1. The summed E-state index contributed by atoms with van der Waals surface area (Å²) in [4.78, 5) is 10.8. The van der Waals surface area contributed by atoms with Crippen LogP contribution in [0.25, 0.3) is 11.0 Å². The van der Waals surface area contributed by atoms with Gasteiger partial charge in [0.2, 0.25) is 0 Å². The molecule has 13 heteroatoms. The molecule has 3 saturated heterocycles. The van der Waals surface area contributed by atoms with Gasteiger partial charge in [-0.1, -0.05) is 0 Å². The van der Waals surface area contributed by atoms with Gasteiger partial charge in [0.1, 0.15) is 55.1 Å². The highest BCUT2D eigenvalue weighted by Gasteiger charge is 2.52. The van der Waals surface area contributed by atoms with Gasteiger partial charge in [-0.05, 0) is 41.5 Å². The number of likely N-dealkylation sites (tertiary alicyclic amines) is 1. The number of benzene rings is 1. The van der Waals surface area contributed by atoms with Gasteiger partial charge in [0, 0.05) is 25.5 Å². The maximum atomic E-state index is 11.1. The van der Waals surface area contributed by atoms with Crippen LogP contribution >= 0.6 is 0 Å². The number of hydrogen-bond acceptors (Lipinski definition) is 13. The average Bonchev–Trinajstić information content (AvgIpc) is 3.18. The lowest BCUT2D eigenvalue weighted by atomic mass is 9.92. The van der Waals surface area contributed by atoms with E-state index in [1.165, 1.54) is 11.1 Å². The molecular weight excluding hydrogens is 502 g/mol. The second-order valence-electron chi connectivity index (χ2n) is 10.6. The number of aromatic nitrogens is 2. The van der Waals surface area contributed by atoms with E-state index in [0.717, 1.165) is 17.5 Å². The first kappa shape index (κ1) is 26.3. The molecule has 0 spiro atoms. The molecule has 208 valence electrons. The van der Waals surface area contributed by atoms with E-state index in [0.29, 0.717) is 13.1 Å². The lowest BCUT2D eigenvalue weighted by molar-refractivity contribution is -0.349. The van der Waals surface area contributed by atoms with Crippen molar-refractivity contribution in [1.29, 1.82) is 0 Å². The van der Waals surface area contributed by atoms with Crippen LogP contribution in [0.5, 0.6) is 0 Å². The van der Waals surface area contributed by atoms with Crippen LogP contribution < -0.4 is 0 Å². The van der Waals surface area contributed by atoms with Gasteiger partial charge in [-0.2, -0.15) is 0 Å². The molecule has 0 radical (unpaired) electrons. The van der Waals surface area contributed by atoms with Crippen molar-refractivity contribution in [2.75, 3.05) is 26.3 Å². The molecule has 7 N–H and O–H groups in total. The van der Waals surface area contributed by atoms with Crippen molar-refractivity contribution in [3.63, 3.8) is 0 Å². The maximum Gasteiger partial charge on any atom is 0.187 e. The predicted octanol–water partition coefficient (Wildman–Crippen LogP) is -2.86. The number of fused-ring (bicyclic) bond motifs is 6. The van der Waals surface area contributed by atoms with Gasteiger partial charge in [0.25, 0.3) is 0 Å². The Morgan fingerprint density at radius 1 is 0.763 bits per heavy atom. The molecule has 3 fully saturated rings. The first-order chi connectivity index (χ1) is 18.3. The van der Waals surface area contributed by atoms with Gasteiger partial charge < -0.3 is 50.0 Å². The van der Waals surface area contributed by atoms with Crippen molar-refractivity contribution in [1.82, 2.24) is 14.9 Å². The van der Waals surface area contributed by atoms with Gasteiger partial charge in [-0.3, -0.25) is 14.9 Å². The number of hydrogen-bond donors (Lipinski definition) is 7. The largest absolute Gasteiger partial charge is 0.394 e. The molecule has 1 aliphatic carbocycles. The van der Waals surface area contributed by atoms with Gasteiger partial charge in [-0.15, -0.1) is 0 Å². The Morgan fingerprint density at radius 3 is 1.95 bits per heavy atom. The number of nitrogens with zero attached hydrogens (tertiary/aromatic N) is 3. The molecule has 3 unspecified atom stereocenters. The summed E-state index contributed by atoms with van der Waals surface area (Å²) in [6.45, 7) is -0.0732. The quantitative estimate of drug-likeness (QED) is 0.207. The van der Waals surface area contributed by atoms with Gasteiger partial charge >= 0.3 is 0 Å². The lowest BCUT2D eigenvalue weighted by Crippen LogP contribution is -2.67. The highest BCUT2D eigenvalue weighted by atomic mass is 16.7. The van der Waals surface area contributed by atoms with Crippen molar-refractivity contribution < 1.29 is 50.0 Å². The van der Waals surface area contributed by atoms with Crippen LogP contribution in [0.15, 0.2) is 24.5 Å². The summed E-state index contributed by atoms with van der Waals surface area (Å²) in [6, 6.07) is 4.14. The fraction of sp³-hybridized carbons (Fsp3) is 0.680. The Morgan fingerprint density at radius 2 is 1.37 bits per heavy atom. The lowest BCUT2D eigenvalue weighted by Gasteiger charge is -2.49. The first-order valence-corrected chi connectivity index (χ1v) is 12.9. The van der Waals surface area contributed by atoms with Crippen LogP contribution in [-0.2, 0) is 14.2 Å². The number of rotatable bonds is 5. The number of ether oxygens (including phenoxy) is 3. The molecule has 2 bridgehead atoms. The van der Waals surface area contributed by atoms with E-state index in [1.807, 2.05) is 4.90 Å². The van der Waals surface area contributed by atoms with Gasteiger partial charge in [0.15, 0.2) is 6.29 Å². The smallest absolute Gasteiger partial charge is 0.187 e. The molecule has 0 saturated carbocycles. The third-order valence-corrected chi connectivity index (χ3v) is 8.37. The highest BCUT2D eigenvalue weighted by Crippen LogP contribution is 2.48. The summed E-state index contributed by atoms with van der Waals surface area (Å²) in [5.41, 5.74) is 4.03. The van der Waals surface area contributed by atoms with E-state index in [4.69, 9.17) is 14.2 Å². The molecule has 4 heterocycles. The van der Waals surface area contributed by atoms with Gasteiger partial charge in [0.05, 0.1) is 24.2 Å². The molecule has 13 nitrogen and oxygen atoms in total. The zero-order valence-electron chi connectivity index (χ0n) is 20.5. The van der Waals surface area contributed by atoms with E-state index in [2.05, 4.69) is 22.1 Å². The first-order valence-electron chi connectivity index (χ1n) is 12.9. The van der Waals surface area contributed by atoms with Crippen molar-refractivity contribution in [2.24, 2.45) is 0 Å². The third-order valence-electron chi connectivity index (χ3n) is 8.37. The van der Waals surface area contributed by atoms with Crippen LogP contribution in [-0.4, -0.2) is 138 Å². The molecule has 6 rings (SSSR count). The van der Waals surface area contributed by atoms with Crippen LogP contribution in [0, 0.1) is 0 Å². The molecule has 38 heavy (non-hydrogen) atoms. The molecule has 2 aromatic rings. The topological polar surface area (TPSA) is 198 Å². The summed E-state index contributed by atoms with van der Waals surface area (Å²) in [5.74, 6) is 0.359. The second kappa shape index (κ2) is 10.3. The number of piperidine rings is 1. The molecule has 3 aliphatic heterocycles. The van der Waals surface area contributed by atoms with E-state index in [1.54, 1.807) is 12.4 Å². The van der Waals surface area contributed by atoms with Crippen LogP contribution in [0.2, 0.25) is 0 Å². The van der Waals surface area contributed by atoms with Crippen molar-refractivity contribution in [3.8, 4) is 0 Å². The van der Waals surface area contributed by atoms with Crippen LogP contribution in [0.3, 0.4) is 0 Å². The number of aliphatic hydroxyl groups is 7. The summed E-state index contributed by atoms with van der Waals surface area (Å²) in [6.07, 6.45) is -9.75. The maximum absolute atomic E-state index is 11.1. The van der Waals surface area contributed by atoms with Crippen molar-refractivity contribution in [2.45, 2.75) is 79.6 Å². The molecule has 1 aromatic carbocycles. The van der Waals surface area contributed by atoms with Crippen LogP contribution in [0.4, 0.5) is 0 Å². The Balaban J connectivity index is 1.19. The molecule has 4 aliphatic rings. The minimum absolute atomic E-state index is 0.179.